The molecule has 0 saturated heterocycles. The maximum Gasteiger partial charge on any atom is 0.161 e. The van der Waals surface area contributed by atoms with Crippen LogP contribution in [0.5, 0.6) is 11.5 Å². The molecule has 1 aromatic heterocycles. The quantitative estimate of drug-likeness (QED) is 0.376. The molecule has 4 rings (SSSR count). The maximum atomic E-state index is 9.87. The molecule has 0 atom stereocenters. The number of nitrogens with zero attached hydrogens (tertiary/aromatic N) is 2. The Morgan fingerprint density at radius 3 is 2.45 bits per heavy atom. The number of nitrogens with two attached hydrogens (primary N) is 1. The number of aromatic nitrogens is 1. The number of aryl methyl sites for hydroxylation is 1. The van der Waals surface area contributed by atoms with Crippen LogP contribution >= 0.6 is 0 Å². The van der Waals surface area contributed by atoms with Crippen molar-refractivity contribution in [1.29, 1.82) is 5.26 Å². The highest BCUT2D eigenvalue weighted by Crippen LogP contribution is 2.40. The van der Waals surface area contributed by atoms with Gasteiger partial charge in [0.2, 0.25) is 0 Å². The third-order valence-corrected chi connectivity index (χ3v) is 5.31. The predicted molar refractivity (Wildman–Crippen MR) is 131 cm³/mol. The van der Waals surface area contributed by atoms with Crippen LogP contribution < -0.4 is 15.2 Å². The Labute approximate surface area is 194 Å². The van der Waals surface area contributed by atoms with Crippen LogP contribution in [0.4, 0.5) is 5.82 Å². The van der Waals surface area contributed by atoms with E-state index >= 15 is 0 Å². The molecular weight excluding hydrogens is 410 g/mol. The Kier molecular flexibility index (Phi) is 6.56. The van der Waals surface area contributed by atoms with E-state index in [0.717, 1.165) is 27.8 Å². The third-order valence-electron chi connectivity index (χ3n) is 5.31. The predicted octanol–water partition coefficient (Wildman–Crippen LogP) is 6.16. The third kappa shape index (κ3) is 4.81. The van der Waals surface area contributed by atoms with Crippen molar-refractivity contribution in [2.24, 2.45) is 0 Å². The van der Waals surface area contributed by atoms with E-state index < -0.39 is 0 Å². The number of pyridine rings is 1. The van der Waals surface area contributed by atoms with Crippen molar-refractivity contribution < 1.29 is 9.47 Å². The molecule has 0 amide bonds. The average Bonchev–Trinajstić information content (AvgIpc) is 2.84. The minimum absolute atomic E-state index is 0.199. The lowest BCUT2D eigenvalue weighted by Gasteiger charge is -2.17. The van der Waals surface area contributed by atoms with Crippen LogP contribution in [0.2, 0.25) is 0 Å². The molecule has 0 saturated carbocycles. The van der Waals surface area contributed by atoms with Gasteiger partial charge in [0.25, 0.3) is 0 Å². The maximum absolute atomic E-state index is 9.87. The Hall–Kier alpha value is -4.30. The monoisotopic (exact) mass is 435 g/mol. The van der Waals surface area contributed by atoms with Crippen molar-refractivity contribution in [2.75, 3.05) is 12.3 Å². The van der Waals surface area contributed by atoms with Gasteiger partial charge in [-0.05, 0) is 42.7 Å². The van der Waals surface area contributed by atoms with E-state index in [1.165, 1.54) is 5.56 Å². The lowest BCUT2D eigenvalue weighted by atomic mass is 9.92. The van der Waals surface area contributed by atoms with Crippen LogP contribution in [0.3, 0.4) is 0 Å². The van der Waals surface area contributed by atoms with Crippen molar-refractivity contribution in [3.63, 3.8) is 0 Å². The Morgan fingerprint density at radius 1 is 0.909 bits per heavy atom. The van der Waals surface area contributed by atoms with Gasteiger partial charge in [-0.25, -0.2) is 4.98 Å². The molecule has 5 heteroatoms. The first kappa shape index (κ1) is 21.9. The van der Waals surface area contributed by atoms with Gasteiger partial charge in [0.1, 0.15) is 24.1 Å². The fourth-order valence-corrected chi connectivity index (χ4v) is 3.79. The van der Waals surface area contributed by atoms with Gasteiger partial charge >= 0.3 is 0 Å². The molecule has 1 heterocycles. The second kappa shape index (κ2) is 9.88. The molecule has 0 unspecified atom stereocenters. The highest BCUT2D eigenvalue weighted by Gasteiger charge is 2.18. The number of hydrogen-bond donors (Lipinski definition) is 1. The SMILES string of the molecule is CCOc1cc(-c2c(-c3ccccc3)cnc(N)c2C#N)ccc1OCc1cccc(C)c1. The Bertz CT molecular complexity index is 1310. The van der Waals surface area contributed by atoms with Gasteiger partial charge in [-0.2, -0.15) is 5.26 Å². The Morgan fingerprint density at radius 2 is 1.73 bits per heavy atom. The van der Waals surface area contributed by atoms with E-state index in [1.54, 1.807) is 6.20 Å². The molecular formula is C28H25N3O2. The summed E-state index contributed by atoms with van der Waals surface area (Å²) < 4.78 is 12.0. The van der Waals surface area contributed by atoms with Crippen molar-refractivity contribution in [3.8, 4) is 39.8 Å². The average molecular weight is 436 g/mol. The summed E-state index contributed by atoms with van der Waals surface area (Å²) in [5.41, 5.74) is 12.0. The van der Waals surface area contributed by atoms with Gasteiger partial charge in [-0.15, -0.1) is 0 Å². The van der Waals surface area contributed by atoms with Crippen LogP contribution in [-0.2, 0) is 6.61 Å². The fourth-order valence-electron chi connectivity index (χ4n) is 3.79. The van der Waals surface area contributed by atoms with Crippen molar-refractivity contribution in [2.45, 2.75) is 20.5 Å². The van der Waals surface area contributed by atoms with Crippen LogP contribution in [-0.4, -0.2) is 11.6 Å². The van der Waals surface area contributed by atoms with Gasteiger partial charge in [0.15, 0.2) is 11.5 Å². The van der Waals surface area contributed by atoms with Crippen LogP contribution in [0.15, 0.2) is 79.0 Å². The zero-order valence-corrected chi connectivity index (χ0v) is 18.7. The summed E-state index contributed by atoms with van der Waals surface area (Å²) in [5.74, 6) is 1.45. The molecule has 0 bridgehead atoms. The topological polar surface area (TPSA) is 81.2 Å². The molecule has 0 fully saturated rings. The number of nitrogen functional groups attached to an aromatic ring is 1. The summed E-state index contributed by atoms with van der Waals surface area (Å²) in [4.78, 5) is 4.26. The largest absolute Gasteiger partial charge is 0.490 e. The molecule has 2 N–H and O–H groups in total. The molecule has 0 aliphatic heterocycles. The summed E-state index contributed by atoms with van der Waals surface area (Å²) >= 11 is 0. The van der Waals surface area contributed by atoms with Crippen molar-refractivity contribution in [3.05, 3.63) is 95.7 Å². The second-order valence-corrected chi connectivity index (χ2v) is 7.66. The summed E-state index contributed by atoms with van der Waals surface area (Å²) in [6.07, 6.45) is 1.71. The smallest absolute Gasteiger partial charge is 0.161 e. The summed E-state index contributed by atoms with van der Waals surface area (Å²) in [6, 6.07) is 26.0. The molecule has 0 aliphatic rings. The summed E-state index contributed by atoms with van der Waals surface area (Å²) in [6.45, 7) is 4.90. The Balaban J connectivity index is 1.77. The summed E-state index contributed by atoms with van der Waals surface area (Å²) in [5, 5.41) is 9.87. The lowest BCUT2D eigenvalue weighted by molar-refractivity contribution is 0.269. The highest BCUT2D eigenvalue weighted by molar-refractivity contribution is 5.90. The minimum Gasteiger partial charge on any atom is -0.490 e. The molecule has 164 valence electrons. The van der Waals surface area contributed by atoms with Crippen LogP contribution in [0, 0.1) is 18.3 Å². The van der Waals surface area contributed by atoms with Crippen molar-refractivity contribution >= 4 is 5.82 Å². The van der Waals surface area contributed by atoms with Crippen LogP contribution in [0.1, 0.15) is 23.6 Å². The van der Waals surface area contributed by atoms with E-state index in [1.807, 2.05) is 67.6 Å². The number of hydrogen-bond acceptors (Lipinski definition) is 5. The van der Waals surface area contributed by atoms with Crippen molar-refractivity contribution in [1.82, 2.24) is 4.98 Å². The van der Waals surface area contributed by atoms with E-state index in [2.05, 4.69) is 30.1 Å². The number of nitriles is 1. The van der Waals surface area contributed by atoms with Gasteiger partial charge in [-0.1, -0.05) is 66.2 Å². The van der Waals surface area contributed by atoms with Crippen LogP contribution in [0.25, 0.3) is 22.3 Å². The number of ether oxygens (including phenoxy) is 2. The molecule has 0 aliphatic carbocycles. The first-order valence-electron chi connectivity index (χ1n) is 10.8. The zero-order valence-electron chi connectivity index (χ0n) is 18.7. The minimum atomic E-state index is 0.199. The molecule has 4 aromatic rings. The second-order valence-electron chi connectivity index (χ2n) is 7.66. The molecule has 0 spiro atoms. The molecule has 33 heavy (non-hydrogen) atoms. The van der Waals surface area contributed by atoms with Gasteiger partial charge < -0.3 is 15.2 Å². The first-order chi connectivity index (χ1) is 16.1. The lowest BCUT2D eigenvalue weighted by Crippen LogP contribution is -2.02. The number of rotatable bonds is 7. The number of anilines is 1. The van der Waals surface area contributed by atoms with Gasteiger partial charge in [-0.3, -0.25) is 0 Å². The summed E-state index contributed by atoms with van der Waals surface area (Å²) in [7, 11) is 0. The molecule has 5 nitrogen and oxygen atoms in total. The molecule has 0 radical (unpaired) electrons. The number of benzene rings is 3. The standard InChI is InChI=1S/C28H25N3O2/c1-3-32-26-15-22(12-13-25(26)33-18-20-9-7-8-19(2)14-20)27-23(16-29)28(30)31-17-24(27)21-10-5-4-6-11-21/h4-15,17H,3,18H2,1-2H3,(H2,30,31). The van der Waals surface area contributed by atoms with E-state index in [0.29, 0.717) is 30.3 Å². The highest BCUT2D eigenvalue weighted by atomic mass is 16.5. The van der Waals surface area contributed by atoms with Gasteiger partial charge in [0, 0.05) is 17.3 Å². The van der Waals surface area contributed by atoms with E-state index in [4.69, 9.17) is 15.2 Å². The fraction of sp³-hybridized carbons (Fsp3) is 0.143. The van der Waals surface area contributed by atoms with E-state index in [-0.39, 0.29) is 5.82 Å². The van der Waals surface area contributed by atoms with E-state index in [9.17, 15) is 5.26 Å². The normalized spacial score (nSPS) is 10.5. The zero-order chi connectivity index (χ0) is 23.2. The first-order valence-corrected chi connectivity index (χ1v) is 10.8. The molecule has 3 aromatic carbocycles. The van der Waals surface area contributed by atoms with Gasteiger partial charge in [0.05, 0.1) is 6.61 Å².